The topological polar surface area (TPSA) is 79.4 Å². The van der Waals surface area contributed by atoms with Crippen LogP contribution < -0.4 is 5.32 Å². The molecule has 0 aliphatic heterocycles. The standard InChI is InChI=1S/C17H21N3O3S/c1-20(12-17(21)19-14-6-2-3-7-14)24(22,23)16-8-4-5-13-11-18-10-9-15(13)16/h4-5,8-11,14H,2-3,6-7,12H2,1H3,(H,19,21). The zero-order chi connectivity index (χ0) is 17.2. The summed E-state index contributed by atoms with van der Waals surface area (Å²) in [7, 11) is -2.32. The molecule has 2 aromatic rings. The molecule has 0 atom stereocenters. The normalized spacial score (nSPS) is 15.9. The van der Waals surface area contributed by atoms with Crippen molar-refractivity contribution in [3.63, 3.8) is 0 Å². The van der Waals surface area contributed by atoms with E-state index >= 15 is 0 Å². The average Bonchev–Trinajstić information content (AvgIpc) is 3.07. The van der Waals surface area contributed by atoms with E-state index in [1.807, 2.05) is 6.07 Å². The Bertz CT molecular complexity index is 840. The summed E-state index contributed by atoms with van der Waals surface area (Å²) < 4.78 is 26.8. The number of nitrogens with one attached hydrogen (secondary N) is 1. The van der Waals surface area contributed by atoms with Crippen LogP contribution in [-0.4, -0.2) is 43.2 Å². The Hall–Kier alpha value is -1.99. The van der Waals surface area contributed by atoms with E-state index in [1.165, 1.54) is 7.05 Å². The van der Waals surface area contributed by atoms with Crippen LogP contribution in [0.25, 0.3) is 10.8 Å². The second-order valence-corrected chi connectivity index (χ2v) is 8.18. The highest BCUT2D eigenvalue weighted by molar-refractivity contribution is 7.89. The molecule has 1 N–H and O–H groups in total. The van der Waals surface area contributed by atoms with Gasteiger partial charge < -0.3 is 5.32 Å². The number of fused-ring (bicyclic) bond motifs is 1. The number of hydrogen-bond acceptors (Lipinski definition) is 4. The number of hydrogen-bond donors (Lipinski definition) is 1. The molecule has 3 rings (SSSR count). The molecule has 0 unspecified atom stereocenters. The fourth-order valence-corrected chi connectivity index (χ4v) is 4.45. The number of nitrogens with zero attached hydrogens (tertiary/aromatic N) is 2. The molecular formula is C17H21N3O3S. The molecule has 1 aliphatic carbocycles. The fourth-order valence-electron chi connectivity index (χ4n) is 3.12. The Morgan fingerprint density at radius 1 is 1.29 bits per heavy atom. The Kier molecular flexibility index (Phi) is 4.82. The lowest BCUT2D eigenvalue weighted by atomic mass is 10.2. The van der Waals surface area contributed by atoms with Gasteiger partial charge in [-0.1, -0.05) is 25.0 Å². The first-order valence-corrected chi connectivity index (χ1v) is 9.51. The first-order valence-electron chi connectivity index (χ1n) is 8.07. The van der Waals surface area contributed by atoms with Gasteiger partial charge in [-0.25, -0.2) is 8.42 Å². The summed E-state index contributed by atoms with van der Waals surface area (Å²) in [5.41, 5.74) is 0. The molecule has 1 fully saturated rings. The van der Waals surface area contributed by atoms with Gasteiger partial charge in [0, 0.05) is 36.3 Å². The summed E-state index contributed by atoms with van der Waals surface area (Å²) in [5, 5.41) is 4.27. The van der Waals surface area contributed by atoms with Gasteiger partial charge in [-0.3, -0.25) is 9.78 Å². The minimum absolute atomic E-state index is 0.178. The van der Waals surface area contributed by atoms with Gasteiger partial charge in [-0.05, 0) is 25.0 Å². The van der Waals surface area contributed by atoms with E-state index in [1.54, 1.807) is 30.6 Å². The zero-order valence-corrected chi connectivity index (χ0v) is 14.4. The molecule has 0 radical (unpaired) electrons. The second kappa shape index (κ2) is 6.86. The van der Waals surface area contributed by atoms with Crippen LogP contribution in [0, 0.1) is 0 Å². The molecule has 0 saturated heterocycles. The molecule has 24 heavy (non-hydrogen) atoms. The lowest BCUT2D eigenvalue weighted by Crippen LogP contribution is -2.41. The van der Waals surface area contributed by atoms with Gasteiger partial charge in [0.1, 0.15) is 0 Å². The van der Waals surface area contributed by atoms with Gasteiger partial charge >= 0.3 is 0 Å². The second-order valence-electron chi connectivity index (χ2n) is 6.16. The Balaban J connectivity index is 1.79. The van der Waals surface area contributed by atoms with E-state index in [0.717, 1.165) is 35.4 Å². The van der Waals surface area contributed by atoms with E-state index in [-0.39, 0.29) is 23.4 Å². The van der Waals surface area contributed by atoms with Gasteiger partial charge in [0.05, 0.1) is 11.4 Å². The molecule has 1 amide bonds. The van der Waals surface area contributed by atoms with Crippen molar-refractivity contribution in [1.29, 1.82) is 0 Å². The van der Waals surface area contributed by atoms with Crippen LogP contribution in [0.1, 0.15) is 25.7 Å². The summed E-state index contributed by atoms with van der Waals surface area (Å²) in [6, 6.07) is 6.91. The third kappa shape index (κ3) is 3.42. The largest absolute Gasteiger partial charge is 0.352 e. The lowest BCUT2D eigenvalue weighted by Gasteiger charge is -2.19. The number of aromatic nitrogens is 1. The Labute approximate surface area is 141 Å². The van der Waals surface area contributed by atoms with Crippen molar-refractivity contribution in [2.45, 2.75) is 36.6 Å². The number of sulfonamides is 1. The van der Waals surface area contributed by atoms with Crippen molar-refractivity contribution in [3.05, 3.63) is 36.7 Å². The minimum atomic E-state index is -3.75. The molecule has 1 aromatic carbocycles. The van der Waals surface area contributed by atoms with E-state index < -0.39 is 10.0 Å². The summed E-state index contributed by atoms with van der Waals surface area (Å²) in [6.07, 6.45) is 7.36. The van der Waals surface area contributed by atoms with Gasteiger partial charge in [0.25, 0.3) is 0 Å². The number of pyridine rings is 1. The van der Waals surface area contributed by atoms with Gasteiger partial charge in [0.15, 0.2) is 0 Å². The molecule has 0 bridgehead atoms. The van der Waals surface area contributed by atoms with Crippen molar-refractivity contribution in [2.75, 3.05) is 13.6 Å². The third-order valence-corrected chi connectivity index (χ3v) is 6.28. The third-order valence-electron chi connectivity index (χ3n) is 4.42. The highest BCUT2D eigenvalue weighted by atomic mass is 32.2. The highest BCUT2D eigenvalue weighted by Gasteiger charge is 2.26. The molecule has 1 heterocycles. The first kappa shape index (κ1) is 16.9. The quantitative estimate of drug-likeness (QED) is 0.896. The monoisotopic (exact) mass is 347 g/mol. The average molecular weight is 347 g/mol. The molecule has 128 valence electrons. The van der Waals surface area contributed by atoms with Crippen molar-refractivity contribution < 1.29 is 13.2 Å². The van der Waals surface area contributed by atoms with Crippen LogP contribution in [0.2, 0.25) is 0 Å². The van der Waals surface area contributed by atoms with Crippen LogP contribution in [0.4, 0.5) is 0 Å². The van der Waals surface area contributed by atoms with Crippen molar-refractivity contribution >= 4 is 26.7 Å². The SMILES string of the molecule is CN(CC(=O)NC1CCCC1)S(=O)(=O)c1cccc2cnccc12. The maximum atomic E-state index is 12.8. The summed E-state index contributed by atoms with van der Waals surface area (Å²) >= 11 is 0. The van der Waals surface area contributed by atoms with Crippen LogP contribution in [0.3, 0.4) is 0 Å². The summed E-state index contributed by atoms with van der Waals surface area (Å²) in [4.78, 5) is 16.3. The van der Waals surface area contributed by atoms with Crippen LogP contribution in [0.15, 0.2) is 41.6 Å². The lowest BCUT2D eigenvalue weighted by molar-refractivity contribution is -0.121. The summed E-state index contributed by atoms with van der Waals surface area (Å²) in [6.45, 7) is -0.180. The number of carbonyl (C=O) groups excluding carboxylic acids is 1. The predicted octanol–water partition coefficient (Wildman–Crippen LogP) is 1.91. The number of rotatable bonds is 5. The Morgan fingerprint density at radius 3 is 2.79 bits per heavy atom. The molecule has 7 heteroatoms. The number of likely N-dealkylation sites (N-methyl/N-ethyl adjacent to an activating group) is 1. The molecular weight excluding hydrogens is 326 g/mol. The maximum absolute atomic E-state index is 12.8. The summed E-state index contributed by atoms with van der Waals surface area (Å²) in [5.74, 6) is -0.255. The molecule has 1 saturated carbocycles. The number of amides is 1. The fraction of sp³-hybridized carbons (Fsp3) is 0.412. The van der Waals surface area contributed by atoms with Crippen molar-refractivity contribution in [1.82, 2.24) is 14.6 Å². The number of carbonyl (C=O) groups is 1. The highest BCUT2D eigenvalue weighted by Crippen LogP contribution is 2.24. The van der Waals surface area contributed by atoms with Crippen LogP contribution in [-0.2, 0) is 14.8 Å². The molecule has 6 nitrogen and oxygen atoms in total. The van der Waals surface area contributed by atoms with Crippen molar-refractivity contribution in [2.24, 2.45) is 0 Å². The molecule has 0 spiro atoms. The van der Waals surface area contributed by atoms with Gasteiger partial charge in [-0.15, -0.1) is 0 Å². The van der Waals surface area contributed by atoms with Crippen LogP contribution in [0.5, 0.6) is 0 Å². The minimum Gasteiger partial charge on any atom is -0.352 e. The first-order chi connectivity index (χ1) is 11.5. The van der Waals surface area contributed by atoms with Crippen LogP contribution >= 0.6 is 0 Å². The van der Waals surface area contributed by atoms with Gasteiger partial charge in [0.2, 0.25) is 15.9 Å². The number of benzene rings is 1. The smallest absolute Gasteiger partial charge is 0.243 e. The van der Waals surface area contributed by atoms with E-state index in [2.05, 4.69) is 10.3 Å². The molecule has 1 aliphatic rings. The van der Waals surface area contributed by atoms with E-state index in [4.69, 9.17) is 0 Å². The van der Waals surface area contributed by atoms with E-state index in [0.29, 0.717) is 5.39 Å². The molecule has 1 aromatic heterocycles. The zero-order valence-electron chi connectivity index (χ0n) is 13.6. The predicted molar refractivity (Wildman–Crippen MR) is 92.0 cm³/mol. The van der Waals surface area contributed by atoms with E-state index in [9.17, 15) is 13.2 Å². The van der Waals surface area contributed by atoms with Gasteiger partial charge in [-0.2, -0.15) is 4.31 Å². The van der Waals surface area contributed by atoms with Crippen molar-refractivity contribution in [3.8, 4) is 0 Å². The Morgan fingerprint density at radius 2 is 2.04 bits per heavy atom. The maximum Gasteiger partial charge on any atom is 0.243 e.